The molecule has 4 heteroatoms. The van der Waals surface area contributed by atoms with Crippen LogP contribution in [0.5, 0.6) is 0 Å². The number of hydrogen-bond donors (Lipinski definition) is 1. The van der Waals surface area contributed by atoms with Crippen molar-refractivity contribution in [2.45, 2.75) is 4.90 Å². The van der Waals surface area contributed by atoms with Gasteiger partial charge in [0, 0.05) is 5.56 Å². The summed E-state index contributed by atoms with van der Waals surface area (Å²) in [7, 11) is -2.01. The first-order chi connectivity index (χ1) is 8.15. The molecule has 88 valence electrons. The molecule has 0 atom stereocenters. The molecule has 2 rings (SSSR count). The highest BCUT2D eigenvalue weighted by Gasteiger charge is 2.16. The second-order valence-corrected chi connectivity index (χ2v) is 5.42. The number of sulfonamides is 1. The van der Waals surface area contributed by atoms with Crippen molar-refractivity contribution < 1.29 is 8.42 Å². The normalized spacial score (nSPS) is 11.4. The molecule has 0 saturated heterocycles. The van der Waals surface area contributed by atoms with Crippen molar-refractivity contribution in [2.24, 2.45) is 0 Å². The highest BCUT2D eigenvalue weighted by Crippen LogP contribution is 2.26. The Bertz CT molecular complexity index is 606. The first-order valence-corrected chi connectivity index (χ1v) is 6.71. The van der Waals surface area contributed by atoms with Crippen LogP contribution in [-0.2, 0) is 10.0 Å². The molecule has 0 saturated carbocycles. The van der Waals surface area contributed by atoms with Gasteiger partial charge in [0.15, 0.2) is 0 Å². The smallest absolute Gasteiger partial charge is 0.214 e. The molecule has 3 nitrogen and oxygen atoms in total. The second kappa shape index (κ2) is 4.69. The van der Waals surface area contributed by atoms with Crippen LogP contribution in [0.3, 0.4) is 0 Å². The van der Waals surface area contributed by atoms with Gasteiger partial charge in [-0.1, -0.05) is 48.5 Å². The number of nitrogens with one attached hydrogen (secondary N) is 1. The minimum absolute atomic E-state index is 0.300. The number of hydrogen-bond acceptors (Lipinski definition) is 2. The molecule has 2 aromatic carbocycles. The van der Waals surface area contributed by atoms with Gasteiger partial charge < -0.3 is 0 Å². The second-order valence-electron chi connectivity index (χ2n) is 3.57. The van der Waals surface area contributed by atoms with Gasteiger partial charge in [-0.25, -0.2) is 13.1 Å². The van der Waals surface area contributed by atoms with Crippen LogP contribution in [0, 0.1) is 0 Å². The third-order valence-corrected chi connectivity index (χ3v) is 4.00. The fourth-order valence-corrected chi connectivity index (χ4v) is 2.62. The zero-order chi connectivity index (χ0) is 12.3. The maximum Gasteiger partial charge on any atom is 0.240 e. The molecular formula is C13H13NO2S. The van der Waals surface area contributed by atoms with Gasteiger partial charge in [-0.2, -0.15) is 0 Å². The molecular weight excluding hydrogens is 234 g/mol. The maximum absolute atomic E-state index is 11.9. The van der Waals surface area contributed by atoms with Crippen molar-refractivity contribution in [3.63, 3.8) is 0 Å². The molecule has 0 aliphatic carbocycles. The average molecular weight is 247 g/mol. The van der Waals surface area contributed by atoms with Crippen molar-refractivity contribution in [3.05, 3.63) is 54.6 Å². The molecule has 0 aliphatic rings. The molecule has 1 N–H and O–H groups in total. The standard InChI is InChI=1S/C13H13NO2S/c1-14-17(15,16)13-10-6-5-9-12(13)11-7-3-2-4-8-11/h2-10,14H,1H3. The summed E-state index contributed by atoms with van der Waals surface area (Å²) in [4.78, 5) is 0.300. The van der Waals surface area contributed by atoms with Crippen LogP contribution in [0.1, 0.15) is 0 Å². The van der Waals surface area contributed by atoms with E-state index in [-0.39, 0.29) is 0 Å². The molecule has 0 radical (unpaired) electrons. The van der Waals surface area contributed by atoms with Gasteiger partial charge in [-0.15, -0.1) is 0 Å². The lowest BCUT2D eigenvalue weighted by Gasteiger charge is -2.09. The van der Waals surface area contributed by atoms with E-state index in [1.54, 1.807) is 18.2 Å². The lowest BCUT2D eigenvalue weighted by Crippen LogP contribution is -2.19. The van der Waals surface area contributed by atoms with Crippen molar-refractivity contribution in [3.8, 4) is 11.1 Å². The highest BCUT2D eigenvalue weighted by atomic mass is 32.2. The van der Waals surface area contributed by atoms with E-state index in [1.807, 2.05) is 36.4 Å². The van der Waals surface area contributed by atoms with Gasteiger partial charge in [0.25, 0.3) is 0 Å². The first kappa shape index (κ1) is 11.8. The average Bonchev–Trinajstić information content (AvgIpc) is 2.40. The van der Waals surface area contributed by atoms with Crippen LogP contribution in [0.25, 0.3) is 11.1 Å². The summed E-state index contributed by atoms with van der Waals surface area (Å²) >= 11 is 0. The van der Waals surface area contributed by atoms with Gasteiger partial charge >= 0.3 is 0 Å². The third kappa shape index (κ3) is 2.38. The molecule has 17 heavy (non-hydrogen) atoms. The fourth-order valence-electron chi connectivity index (χ4n) is 1.67. The Labute approximate surface area is 101 Å². The number of rotatable bonds is 3. The summed E-state index contributed by atoms with van der Waals surface area (Å²) in [5, 5.41) is 0. The molecule has 2 aromatic rings. The Morgan fingerprint density at radius 1 is 0.882 bits per heavy atom. The fraction of sp³-hybridized carbons (Fsp3) is 0.0769. The quantitative estimate of drug-likeness (QED) is 0.904. The highest BCUT2D eigenvalue weighted by molar-refractivity contribution is 7.89. The lowest BCUT2D eigenvalue weighted by atomic mass is 10.1. The van der Waals surface area contributed by atoms with Crippen molar-refractivity contribution >= 4 is 10.0 Å². The monoisotopic (exact) mass is 247 g/mol. The summed E-state index contributed by atoms with van der Waals surface area (Å²) in [6.07, 6.45) is 0. The summed E-state index contributed by atoms with van der Waals surface area (Å²) in [5.41, 5.74) is 1.60. The Kier molecular flexibility index (Phi) is 3.26. The van der Waals surface area contributed by atoms with Crippen molar-refractivity contribution in [1.29, 1.82) is 0 Å². The van der Waals surface area contributed by atoms with Crippen LogP contribution in [-0.4, -0.2) is 15.5 Å². The molecule has 0 spiro atoms. The van der Waals surface area contributed by atoms with Gasteiger partial charge in [0.2, 0.25) is 10.0 Å². The Morgan fingerprint density at radius 2 is 1.47 bits per heavy atom. The van der Waals surface area contributed by atoms with Crippen LogP contribution >= 0.6 is 0 Å². The van der Waals surface area contributed by atoms with Gasteiger partial charge in [0.05, 0.1) is 4.90 Å². The zero-order valence-corrected chi connectivity index (χ0v) is 10.2. The summed E-state index contributed by atoms with van der Waals surface area (Å²) in [6, 6.07) is 16.4. The predicted molar refractivity (Wildman–Crippen MR) is 68.1 cm³/mol. The van der Waals surface area contributed by atoms with E-state index in [9.17, 15) is 8.42 Å². The van der Waals surface area contributed by atoms with E-state index in [4.69, 9.17) is 0 Å². The minimum atomic E-state index is -3.43. The predicted octanol–water partition coefficient (Wildman–Crippen LogP) is 2.26. The maximum atomic E-state index is 11.9. The molecule has 0 bridgehead atoms. The molecule has 0 aliphatic heterocycles. The molecule has 0 aromatic heterocycles. The van der Waals surface area contributed by atoms with E-state index < -0.39 is 10.0 Å². The van der Waals surface area contributed by atoms with Crippen LogP contribution in [0.15, 0.2) is 59.5 Å². The van der Waals surface area contributed by atoms with E-state index in [0.717, 1.165) is 5.56 Å². The van der Waals surface area contributed by atoms with E-state index >= 15 is 0 Å². The minimum Gasteiger partial charge on any atom is -0.214 e. The molecule has 0 fully saturated rings. The van der Waals surface area contributed by atoms with Gasteiger partial charge in [-0.3, -0.25) is 0 Å². The van der Waals surface area contributed by atoms with Crippen molar-refractivity contribution in [2.75, 3.05) is 7.05 Å². The summed E-state index contributed by atoms with van der Waals surface area (Å²) in [5.74, 6) is 0. The Morgan fingerprint density at radius 3 is 2.12 bits per heavy atom. The number of benzene rings is 2. The lowest BCUT2D eigenvalue weighted by molar-refractivity contribution is 0.588. The van der Waals surface area contributed by atoms with Gasteiger partial charge in [0.1, 0.15) is 0 Å². The molecule has 0 amide bonds. The molecule has 0 heterocycles. The SMILES string of the molecule is CNS(=O)(=O)c1ccccc1-c1ccccc1. The largest absolute Gasteiger partial charge is 0.240 e. The van der Waals surface area contributed by atoms with E-state index in [0.29, 0.717) is 10.5 Å². The van der Waals surface area contributed by atoms with Crippen LogP contribution in [0.2, 0.25) is 0 Å². The third-order valence-electron chi connectivity index (χ3n) is 2.53. The topological polar surface area (TPSA) is 46.2 Å². The first-order valence-electron chi connectivity index (χ1n) is 5.23. The van der Waals surface area contributed by atoms with Crippen LogP contribution in [0.4, 0.5) is 0 Å². The Balaban J connectivity index is 2.65. The Hall–Kier alpha value is -1.65. The van der Waals surface area contributed by atoms with E-state index in [1.165, 1.54) is 7.05 Å². The van der Waals surface area contributed by atoms with E-state index in [2.05, 4.69) is 4.72 Å². The molecule has 0 unspecified atom stereocenters. The van der Waals surface area contributed by atoms with Gasteiger partial charge in [-0.05, 0) is 18.7 Å². The van der Waals surface area contributed by atoms with Crippen molar-refractivity contribution in [1.82, 2.24) is 4.72 Å². The van der Waals surface area contributed by atoms with Crippen LogP contribution < -0.4 is 4.72 Å². The zero-order valence-electron chi connectivity index (χ0n) is 9.42. The summed E-state index contributed by atoms with van der Waals surface area (Å²) in [6.45, 7) is 0. The summed E-state index contributed by atoms with van der Waals surface area (Å²) < 4.78 is 26.1.